The average Bonchev–Trinajstić information content (AvgIpc) is 3.27. The number of anilines is 1. The van der Waals surface area contributed by atoms with E-state index in [0.29, 0.717) is 18.9 Å². The van der Waals surface area contributed by atoms with Crippen molar-refractivity contribution in [3.63, 3.8) is 0 Å². The van der Waals surface area contributed by atoms with E-state index in [1.54, 1.807) is 9.80 Å². The van der Waals surface area contributed by atoms with Crippen molar-refractivity contribution >= 4 is 17.7 Å². The smallest absolute Gasteiger partial charge is 0.324 e. The van der Waals surface area contributed by atoms with Crippen LogP contribution in [0.2, 0.25) is 0 Å². The molecule has 5 heteroatoms. The van der Waals surface area contributed by atoms with Gasteiger partial charge in [0.25, 0.3) is 0 Å². The summed E-state index contributed by atoms with van der Waals surface area (Å²) in [5, 5.41) is 8.76. The average molecular weight is 290 g/mol. The number of hydrogen-bond acceptors (Lipinski definition) is 2. The molecular weight excluding hydrogens is 268 g/mol. The molecular formula is C16H22N2O3. The lowest BCUT2D eigenvalue weighted by molar-refractivity contribution is -0.137. The Bertz CT molecular complexity index is 486. The number of carbonyl (C=O) groups is 2. The molecule has 0 atom stereocenters. The highest BCUT2D eigenvalue weighted by molar-refractivity contribution is 5.91. The summed E-state index contributed by atoms with van der Waals surface area (Å²) < 4.78 is 0. The summed E-state index contributed by atoms with van der Waals surface area (Å²) >= 11 is 0. The maximum absolute atomic E-state index is 12.6. The first-order valence-electron chi connectivity index (χ1n) is 7.37. The molecule has 0 aromatic heterocycles. The number of carbonyl (C=O) groups excluding carboxylic acids is 1. The number of carboxylic acids is 1. The molecule has 2 amide bonds. The molecule has 0 spiro atoms. The number of rotatable bonds is 7. The van der Waals surface area contributed by atoms with Crippen molar-refractivity contribution < 1.29 is 14.7 Å². The first-order chi connectivity index (χ1) is 10.1. The van der Waals surface area contributed by atoms with Crippen LogP contribution in [0.5, 0.6) is 0 Å². The van der Waals surface area contributed by atoms with Crippen LogP contribution in [0.3, 0.4) is 0 Å². The normalized spacial score (nSPS) is 13.8. The lowest BCUT2D eigenvalue weighted by Crippen LogP contribution is -2.42. The Kier molecular flexibility index (Phi) is 5.20. The summed E-state index contributed by atoms with van der Waals surface area (Å²) in [6.07, 6.45) is 2.92. The zero-order chi connectivity index (χ0) is 15.2. The number of benzene rings is 1. The van der Waals surface area contributed by atoms with Crippen LogP contribution in [0.1, 0.15) is 25.7 Å². The van der Waals surface area contributed by atoms with E-state index >= 15 is 0 Å². The summed E-state index contributed by atoms with van der Waals surface area (Å²) in [6, 6.07) is 9.37. The van der Waals surface area contributed by atoms with Crippen molar-refractivity contribution in [3.8, 4) is 0 Å². The minimum atomic E-state index is -0.832. The minimum Gasteiger partial charge on any atom is -0.481 e. The maximum Gasteiger partial charge on any atom is 0.324 e. The molecule has 1 N–H and O–H groups in total. The van der Waals surface area contributed by atoms with Crippen LogP contribution in [-0.4, -0.2) is 42.1 Å². The summed E-state index contributed by atoms with van der Waals surface area (Å²) in [6.45, 7) is 1.20. The van der Waals surface area contributed by atoms with Gasteiger partial charge in [-0.3, -0.25) is 9.69 Å². The van der Waals surface area contributed by atoms with Gasteiger partial charge >= 0.3 is 12.0 Å². The molecule has 2 rings (SSSR count). The van der Waals surface area contributed by atoms with Gasteiger partial charge in [-0.2, -0.15) is 0 Å². The number of urea groups is 1. The van der Waals surface area contributed by atoms with Gasteiger partial charge in [-0.05, 0) is 37.3 Å². The van der Waals surface area contributed by atoms with E-state index in [-0.39, 0.29) is 12.5 Å². The Morgan fingerprint density at radius 2 is 1.90 bits per heavy atom. The highest BCUT2D eigenvalue weighted by Gasteiger charge is 2.27. The van der Waals surface area contributed by atoms with Gasteiger partial charge in [0, 0.05) is 32.2 Å². The van der Waals surface area contributed by atoms with Gasteiger partial charge in [-0.15, -0.1) is 0 Å². The predicted octanol–water partition coefficient (Wildman–Crippen LogP) is 2.82. The van der Waals surface area contributed by atoms with Crippen LogP contribution in [0.4, 0.5) is 10.5 Å². The zero-order valence-electron chi connectivity index (χ0n) is 12.4. The molecule has 1 aromatic rings. The highest BCUT2D eigenvalue weighted by atomic mass is 16.4. The van der Waals surface area contributed by atoms with Gasteiger partial charge < -0.3 is 10.0 Å². The van der Waals surface area contributed by atoms with E-state index in [2.05, 4.69) is 0 Å². The minimum absolute atomic E-state index is 0.0570. The Morgan fingerprint density at radius 1 is 1.24 bits per heavy atom. The molecule has 0 bridgehead atoms. The van der Waals surface area contributed by atoms with E-state index in [1.807, 2.05) is 37.4 Å². The lowest BCUT2D eigenvalue weighted by atomic mass is 10.2. The van der Waals surface area contributed by atoms with Gasteiger partial charge in [0.1, 0.15) is 0 Å². The molecule has 21 heavy (non-hydrogen) atoms. The van der Waals surface area contributed by atoms with Crippen LogP contribution < -0.4 is 4.90 Å². The van der Waals surface area contributed by atoms with Gasteiger partial charge in [-0.1, -0.05) is 18.2 Å². The van der Waals surface area contributed by atoms with Gasteiger partial charge in [0.15, 0.2) is 0 Å². The third-order valence-corrected chi connectivity index (χ3v) is 3.63. The summed E-state index contributed by atoms with van der Waals surface area (Å²) in [5.74, 6) is -0.197. The second-order valence-electron chi connectivity index (χ2n) is 5.59. The second kappa shape index (κ2) is 7.11. The van der Waals surface area contributed by atoms with Crippen LogP contribution in [0.15, 0.2) is 30.3 Å². The van der Waals surface area contributed by atoms with Crippen LogP contribution >= 0.6 is 0 Å². The van der Waals surface area contributed by atoms with E-state index < -0.39 is 5.97 Å². The number of hydrogen-bond donors (Lipinski definition) is 1. The van der Waals surface area contributed by atoms with Gasteiger partial charge in [0.2, 0.25) is 0 Å². The van der Waals surface area contributed by atoms with Crippen molar-refractivity contribution in [2.45, 2.75) is 25.7 Å². The molecule has 0 heterocycles. The van der Waals surface area contributed by atoms with Gasteiger partial charge in [-0.25, -0.2) is 4.79 Å². The number of amides is 2. The Hall–Kier alpha value is -2.04. The Morgan fingerprint density at radius 3 is 2.48 bits per heavy atom. The van der Waals surface area contributed by atoms with Crippen LogP contribution in [0.25, 0.3) is 0 Å². The van der Waals surface area contributed by atoms with Crippen molar-refractivity contribution in [1.29, 1.82) is 0 Å². The van der Waals surface area contributed by atoms with Crippen molar-refractivity contribution in [3.05, 3.63) is 30.3 Å². The molecule has 0 unspecified atom stereocenters. The molecule has 1 aliphatic carbocycles. The zero-order valence-corrected chi connectivity index (χ0v) is 12.4. The maximum atomic E-state index is 12.6. The molecule has 0 saturated heterocycles. The third kappa shape index (κ3) is 4.77. The largest absolute Gasteiger partial charge is 0.481 e. The molecule has 1 aliphatic rings. The molecule has 1 saturated carbocycles. The van der Waals surface area contributed by atoms with Crippen LogP contribution in [0, 0.1) is 5.92 Å². The monoisotopic (exact) mass is 290 g/mol. The van der Waals surface area contributed by atoms with Crippen molar-refractivity contribution in [2.24, 2.45) is 5.92 Å². The van der Waals surface area contributed by atoms with Gasteiger partial charge in [0.05, 0.1) is 0 Å². The second-order valence-corrected chi connectivity index (χ2v) is 5.59. The van der Waals surface area contributed by atoms with E-state index in [0.717, 1.165) is 12.2 Å². The van der Waals surface area contributed by atoms with Crippen molar-refractivity contribution in [1.82, 2.24) is 4.90 Å². The number of nitrogens with zero attached hydrogens (tertiary/aromatic N) is 2. The first kappa shape index (κ1) is 15.4. The fraction of sp³-hybridized carbons (Fsp3) is 0.500. The summed E-state index contributed by atoms with van der Waals surface area (Å²) in [7, 11) is 1.81. The molecule has 1 aromatic carbocycles. The third-order valence-electron chi connectivity index (χ3n) is 3.63. The molecule has 114 valence electrons. The Balaban J connectivity index is 2.02. The fourth-order valence-corrected chi connectivity index (χ4v) is 2.30. The van der Waals surface area contributed by atoms with Crippen LogP contribution in [-0.2, 0) is 4.79 Å². The van der Waals surface area contributed by atoms with E-state index in [9.17, 15) is 9.59 Å². The highest BCUT2D eigenvalue weighted by Crippen LogP contribution is 2.29. The number of para-hydroxylation sites is 1. The lowest BCUT2D eigenvalue weighted by Gasteiger charge is -2.28. The predicted molar refractivity (Wildman–Crippen MR) is 81.4 cm³/mol. The molecule has 0 radical (unpaired) electrons. The fourth-order valence-electron chi connectivity index (χ4n) is 2.30. The molecule has 1 fully saturated rings. The topological polar surface area (TPSA) is 60.9 Å². The molecule has 0 aliphatic heterocycles. The molecule has 5 nitrogen and oxygen atoms in total. The number of aliphatic carboxylic acids is 1. The SMILES string of the molecule is CN(CC1CC1)C(=O)N(CCCC(=O)O)c1ccccc1. The standard InChI is InChI=1S/C16H22N2O3/c1-17(12-13-9-10-13)16(21)18(11-5-8-15(19)20)14-6-3-2-4-7-14/h2-4,6-7,13H,5,8-12H2,1H3,(H,19,20). The number of carboxylic acid groups (broad SMARTS) is 1. The van der Waals surface area contributed by atoms with E-state index in [4.69, 9.17) is 5.11 Å². The summed E-state index contributed by atoms with van der Waals surface area (Å²) in [5.41, 5.74) is 0.815. The van der Waals surface area contributed by atoms with Crippen molar-refractivity contribution in [2.75, 3.05) is 25.0 Å². The summed E-state index contributed by atoms with van der Waals surface area (Å²) in [4.78, 5) is 26.7. The quantitative estimate of drug-likeness (QED) is 0.840. The first-order valence-corrected chi connectivity index (χ1v) is 7.37. The van der Waals surface area contributed by atoms with E-state index in [1.165, 1.54) is 12.8 Å². The Labute approximate surface area is 125 Å².